The molecule has 2 aromatic rings. The Labute approximate surface area is 187 Å². The van der Waals surface area contributed by atoms with Crippen molar-refractivity contribution < 1.29 is 14.3 Å². The van der Waals surface area contributed by atoms with Gasteiger partial charge in [-0.1, -0.05) is 23.7 Å². The molecular weight excluding hydrogens is 416 g/mol. The second-order valence-electron chi connectivity index (χ2n) is 7.75. The fourth-order valence-corrected chi connectivity index (χ4v) is 3.47. The molecule has 2 aromatic carbocycles. The minimum absolute atomic E-state index is 0.0154. The number of methoxy groups -OCH3 is 1. The van der Waals surface area contributed by atoms with Gasteiger partial charge in [0.2, 0.25) is 0 Å². The van der Waals surface area contributed by atoms with Crippen LogP contribution in [-0.2, 0) is 4.79 Å². The van der Waals surface area contributed by atoms with Crippen molar-refractivity contribution in [3.05, 3.63) is 64.7 Å². The molecule has 31 heavy (non-hydrogen) atoms. The number of likely N-dealkylation sites (N-methyl/N-ethyl adjacent to an activating group) is 1. The first-order valence-corrected chi connectivity index (χ1v) is 10.5. The van der Waals surface area contributed by atoms with Gasteiger partial charge in [0.1, 0.15) is 12.3 Å². The van der Waals surface area contributed by atoms with Crippen LogP contribution in [0.2, 0.25) is 5.02 Å². The molecule has 1 atom stereocenters. The molecule has 0 unspecified atom stereocenters. The van der Waals surface area contributed by atoms with Crippen LogP contribution >= 0.6 is 11.6 Å². The first kappa shape index (κ1) is 22.6. The highest BCUT2D eigenvalue weighted by molar-refractivity contribution is 6.30. The zero-order valence-corrected chi connectivity index (χ0v) is 18.9. The number of hydrazone groups is 1. The van der Waals surface area contributed by atoms with Gasteiger partial charge in [0, 0.05) is 24.5 Å². The fourth-order valence-electron chi connectivity index (χ4n) is 3.35. The molecule has 0 aromatic heterocycles. The number of rotatable bonds is 6. The lowest BCUT2D eigenvalue weighted by Gasteiger charge is -2.25. The number of nitrogens with zero attached hydrogens (tertiary/aromatic N) is 3. The van der Waals surface area contributed by atoms with E-state index in [1.807, 2.05) is 50.2 Å². The largest absolute Gasteiger partial charge is 0.497 e. The van der Waals surface area contributed by atoms with Crippen LogP contribution in [0.25, 0.3) is 0 Å². The highest BCUT2D eigenvalue weighted by atomic mass is 35.5. The molecule has 1 heterocycles. The van der Waals surface area contributed by atoms with Gasteiger partial charge >= 0.3 is 6.03 Å². The minimum Gasteiger partial charge on any atom is -0.497 e. The predicted octanol–water partition coefficient (Wildman–Crippen LogP) is 4.08. The molecule has 0 radical (unpaired) electrons. The van der Waals surface area contributed by atoms with Gasteiger partial charge in [-0.3, -0.25) is 4.79 Å². The maximum absolute atomic E-state index is 13.1. The number of benzene rings is 2. The number of ether oxygens (including phenoxy) is 1. The van der Waals surface area contributed by atoms with Gasteiger partial charge in [0.15, 0.2) is 0 Å². The third-order valence-electron chi connectivity index (χ3n) is 4.98. The van der Waals surface area contributed by atoms with Crippen molar-refractivity contribution in [1.29, 1.82) is 0 Å². The number of amides is 3. The average molecular weight is 443 g/mol. The SMILES string of the molecule is COc1ccc(C2=NN(C(=O)CN(C)C(=O)NC(C)C)[C@@H](c3ccc(Cl)cc3)C2)cc1. The molecule has 164 valence electrons. The van der Waals surface area contributed by atoms with Gasteiger partial charge in [-0.25, -0.2) is 9.80 Å². The van der Waals surface area contributed by atoms with Crippen LogP contribution < -0.4 is 10.1 Å². The Balaban J connectivity index is 1.85. The summed E-state index contributed by atoms with van der Waals surface area (Å²) in [6.45, 7) is 3.66. The molecule has 0 spiro atoms. The second kappa shape index (κ2) is 9.83. The number of carbonyl (C=O) groups excluding carboxylic acids is 2. The number of carbonyl (C=O) groups is 2. The zero-order chi connectivity index (χ0) is 22.5. The molecule has 0 bridgehead atoms. The smallest absolute Gasteiger partial charge is 0.317 e. The van der Waals surface area contributed by atoms with Crippen LogP contribution in [-0.4, -0.2) is 54.3 Å². The molecule has 1 N–H and O–H groups in total. The molecule has 3 amide bonds. The summed E-state index contributed by atoms with van der Waals surface area (Å²) in [6.07, 6.45) is 0.557. The molecule has 1 aliphatic heterocycles. The van der Waals surface area contributed by atoms with E-state index in [0.717, 1.165) is 22.6 Å². The molecule has 7 nitrogen and oxygen atoms in total. The Bertz CT molecular complexity index is 958. The summed E-state index contributed by atoms with van der Waals surface area (Å²) in [6, 6.07) is 14.4. The Morgan fingerprint density at radius 1 is 1.19 bits per heavy atom. The molecular formula is C23H27ClN4O3. The maximum Gasteiger partial charge on any atom is 0.317 e. The summed E-state index contributed by atoms with van der Waals surface area (Å²) < 4.78 is 5.23. The Morgan fingerprint density at radius 2 is 1.84 bits per heavy atom. The summed E-state index contributed by atoms with van der Waals surface area (Å²) in [5.74, 6) is 0.493. The van der Waals surface area contributed by atoms with Crippen molar-refractivity contribution in [2.24, 2.45) is 5.10 Å². The van der Waals surface area contributed by atoms with E-state index >= 15 is 0 Å². The molecule has 0 saturated heterocycles. The number of halogens is 1. The standard InChI is InChI=1S/C23H27ClN4O3/c1-15(2)25-23(30)27(3)14-22(29)28-21(17-5-9-18(24)10-6-17)13-20(26-28)16-7-11-19(31-4)12-8-16/h5-12,15,21H,13-14H2,1-4H3,(H,25,30)/t21-/m1/s1. The third kappa shape index (κ3) is 5.55. The highest BCUT2D eigenvalue weighted by Crippen LogP contribution is 2.33. The van der Waals surface area contributed by atoms with E-state index in [-0.39, 0.29) is 30.6 Å². The Hall–Kier alpha value is -3.06. The van der Waals surface area contributed by atoms with Gasteiger partial charge < -0.3 is 15.0 Å². The number of nitrogens with one attached hydrogen (secondary N) is 1. The van der Waals surface area contributed by atoms with Crippen LogP contribution in [0.3, 0.4) is 0 Å². The number of urea groups is 1. The van der Waals surface area contributed by atoms with E-state index in [2.05, 4.69) is 10.4 Å². The average Bonchev–Trinajstić information content (AvgIpc) is 3.19. The van der Waals surface area contributed by atoms with Gasteiger partial charge in [-0.05, 0) is 61.4 Å². The molecule has 8 heteroatoms. The van der Waals surface area contributed by atoms with Crippen LogP contribution in [0.1, 0.15) is 37.4 Å². The molecule has 0 saturated carbocycles. The van der Waals surface area contributed by atoms with Crippen molar-refractivity contribution in [1.82, 2.24) is 15.2 Å². The molecule has 1 aliphatic rings. The number of hydrogen-bond acceptors (Lipinski definition) is 4. The number of hydrogen-bond donors (Lipinski definition) is 1. The van der Waals surface area contributed by atoms with E-state index < -0.39 is 0 Å². The summed E-state index contributed by atoms with van der Waals surface area (Å²) in [7, 11) is 3.21. The maximum atomic E-state index is 13.1. The van der Waals surface area contributed by atoms with E-state index in [0.29, 0.717) is 11.4 Å². The normalized spacial score (nSPS) is 15.6. The lowest BCUT2D eigenvalue weighted by atomic mass is 9.98. The van der Waals surface area contributed by atoms with E-state index in [1.165, 1.54) is 9.91 Å². The fraction of sp³-hybridized carbons (Fsp3) is 0.348. The van der Waals surface area contributed by atoms with Crippen LogP contribution in [0.5, 0.6) is 5.75 Å². The zero-order valence-electron chi connectivity index (χ0n) is 18.1. The van der Waals surface area contributed by atoms with Gasteiger partial charge in [0.05, 0.1) is 18.9 Å². The lowest BCUT2D eigenvalue weighted by molar-refractivity contribution is -0.133. The molecule has 0 aliphatic carbocycles. The topological polar surface area (TPSA) is 74.2 Å². The van der Waals surface area contributed by atoms with E-state index in [9.17, 15) is 9.59 Å². The van der Waals surface area contributed by atoms with Crippen molar-refractivity contribution in [3.63, 3.8) is 0 Å². The second-order valence-corrected chi connectivity index (χ2v) is 8.18. The predicted molar refractivity (Wildman–Crippen MR) is 121 cm³/mol. The quantitative estimate of drug-likeness (QED) is 0.732. The summed E-state index contributed by atoms with van der Waals surface area (Å²) in [5.41, 5.74) is 2.64. The van der Waals surface area contributed by atoms with Crippen molar-refractivity contribution in [2.45, 2.75) is 32.4 Å². The Kier molecular flexibility index (Phi) is 7.17. The first-order chi connectivity index (χ1) is 14.8. The van der Waals surface area contributed by atoms with Crippen LogP contribution in [0, 0.1) is 0 Å². The minimum atomic E-state index is -0.301. The van der Waals surface area contributed by atoms with Crippen LogP contribution in [0.4, 0.5) is 4.79 Å². The molecule has 0 fully saturated rings. The summed E-state index contributed by atoms with van der Waals surface area (Å²) >= 11 is 6.04. The van der Waals surface area contributed by atoms with Gasteiger partial charge in [0.25, 0.3) is 5.91 Å². The summed E-state index contributed by atoms with van der Waals surface area (Å²) in [4.78, 5) is 26.7. The molecule has 3 rings (SSSR count). The van der Waals surface area contributed by atoms with Gasteiger partial charge in [-0.2, -0.15) is 5.10 Å². The monoisotopic (exact) mass is 442 g/mol. The Morgan fingerprint density at radius 3 is 2.42 bits per heavy atom. The van der Waals surface area contributed by atoms with E-state index in [1.54, 1.807) is 26.3 Å². The van der Waals surface area contributed by atoms with Crippen molar-refractivity contribution in [3.8, 4) is 5.75 Å². The van der Waals surface area contributed by atoms with Crippen molar-refractivity contribution >= 4 is 29.3 Å². The van der Waals surface area contributed by atoms with Crippen molar-refractivity contribution in [2.75, 3.05) is 20.7 Å². The first-order valence-electron chi connectivity index (χ1n) is 10.1. The summed E-state index contributed by atoms with van der Waals surface area (Å²) in [5, 5.41) is 9.52. The van der Waals surface area contributed by atoms with Crippen LogP contribution in [0.15, 0.2) is 53.6 Å². The highest BCUT2D eigenvalue weighted by Gasteiger charge is 2.34. The lowest BCUT2D eigenvalue weighted by Crippen LogP contribution is -2.45. The third-order valence-corrected chi connectivity index (χ3v) is 5.23. The van der Waals surface area contributed by atoms with Gasteiger partial charge in [-0.15, -0.1) is 0 Å². The van der Waals surface area contributed by atoms with E-state index in [4.69, 9.17) is 16.3 Å².